The molecule has 0 aromatic heterocycles. The molecule has 0 heterocycles. The van der Waals surface area contributed by atoms with Crippen LogP contribution in [-0.4, -0.2) is 23.5 Å². The number of hydrogen-bond acceptors (Lipinski definition) is 2. The third kappa shape index (κ3) is 3.30. The third-order valence-corrected chi connectivity index (χ3v) is 3.95. The Hall–Kier alpha value is -0.930. The van der Waals surface area contributed by atoms with Crippen molar-refractivity contribution < 1.29 is 4.39 Å². The number of rotatable bonds is 5. The summed E-state index contributed by atoms with van der Waals surface area (Å²) in [5, 5.41) is 0. The molecular weight excluding hydrogens is 227 g/mol. The molecule has 0 bridgehead atoms. The molecule has 2 atom stereocenters. The van der Waals surface area contributed by atoms with Gasteiger partial charge in [0.15, 0.2) is 0 Å². The Kier molecular flexibility index (Phi) is 4.88. The lowest BCUT2D eigenvalue weighted by atomic mass is 9.92. The summed E-state index contributed by atoms with van der Waals surface area (Å²) in [5.41, 5.74) is 7.25. The molecule has 102 valence electrons. The Labute approximate surface area is 110 Å². The van der Waals surface area contributed by atoms with E-state index in [-0.39, 0.29) is 23.4 Å². The van der Waals surface area contributed by atoms with Gasteiger partial charge in [-0.05, 0) is 51.9 Å². The van der Waals surface area contributed by atoms with Gasteiger partial charge in [-0.3, -0.25) is 4.90 Å². The molecule has 0 saturated carbocycles. The lowest BCUT2D eigenvalue weighted by Crippen LogP contribution is -2.48. The average molecular weight is 252 g/mol. The highest BCUT2D eigenvalue weighted by Gasteiger charge is 2.31. The van der Waals surface area contributed by atoms with Crippen LogP contribution in [0.5, 0.6) is 0 Å². The number of benzene rings is 1. The maximum atomic E-state index is 13.0. The number of nitrogens with zero attached hydrogens (tertiary/aromatic N) is 1. The highest BCUT2D eigenvalue weighted by molar-refractivity contribution is 5.22. The first-order chi connectivity index (χ1) is 8.29. The summed E-state index contributed by atoms with van der Waals surface area (Å²) in [6.07, 6.45) is 1.04. The quantitative estimate of drug-likeness (QED) is 0.871. The standard InChI is InChI=1S/C15H25FN2/c1-6-15(3,4)18(5)14(11(2)17)12-7-9-13(16)10-8-12/h7-11,14H,6,17H2,1-5H3. The van der Waals surface area contributed by atoms with E-state index < -0.39 is 0 Å². The van der Waals surface area contributed by atoms with Crippen molar-refractivity contribution in [2.75, 3.05) is 7.05 Å². The second kappa shape index (κ2) is 5.81. The number of nitrogens with two attached hydrogens (primary N) is 1. The maximum absolute atomic E-state index is 13.0. The summed E-state index contributed by atoms with van der Waals surface area (Å²) < 4.78 is 13.0. The van der Waals surface area contributed by atoms with Gasteiger partial charge in [0, 0.05) is 17.6 Å². The van der Waals surface area contributed by atoms with Gasteiger partial charge in [-0.1, -0.05) is 19.1 Å². The van der Waals surface area contributed by atoms with Crippen molar-refractivity contribution in [1.82, 2.24) is 4.90 Å². The van der Waals surface area contributed by atoms with Crippen LogP contribution in [0.2, 0.25) is 0 Å². The fourth-order valence-corrected chi connectivity index (χ4v) is 2.17. The Morgan fingerprint density at radius 1 is 1.28 bits per heavy atom. The van der Waals surface area contributed by atoms with Gasteiger partial charge in [0.1, 0.15) is 5.82 Å². The van der Waals surface area contributed by atoms with E-state index in [0.29, 0.717) is 0 Å². The molecule has 1 aromatic carbocycles. The van der Waals surface area contributed by atoms with Crippen molar-refractivity contribution in [3.05, 3.63) is 35.6 Å². The second-order valence-corrected chi connectivity index (χ2v) is 5.63. The summed E-state index contributed by atoms with van der Waals surface area (Å²) in [7, 11) is 2.08. The Morgan fingerprint density at radius 3 is 2.17 bits per heavy atom. The summed E-state index contributed by atoms with van der Waals surface area (Å²) in [5.74, 6) is -0.209. The predicted octanol–water partition coefficient (Wildman–Crippen LogP) is 3.33. The van der Waals surface area contributed by atoms with E-state index in [1.165, 1.54) is 12.1 Å². The molecule has 1 rings (SSSR count). The molecule has 2 nitrogen and oxygen atoms in total. The second-order valence-electron chi connectivity index (χ2n) is 5.63. The van der Waals surface area contributed by atoms with E-state index in [0.717, 1.165) is 12.0 Å². The van der Waals surface area contributed by atoms with Crippen LogP contribution in [0.1, 0.15) is 45.7 Å². The molecular formula is C15H25FN2. The van der Waals surface area contributed by atoms with Crippen LogP contribution in [0, 0.1) is 5.82 Å². The minimum absolute atomic E-state index is 0.00807. The third-order valence-electron chi connectivity index (χ3n) is 3.95. The van der Waals surface area contributed by atoms with E-state index in [2.05, 4.69) is 32.7 Å². The van der Waals surface area contributed by atoms with Crippen LogP contribution in [0.15, 0.2) is 24.3 Å². The molecule has 0 aliphatic heterocycles. The monoisotopic (exact) mass is 252 g/mol. The van der Waals surface area contributed by atoms with Gasteiger partial charge >= 0.3 is 0 Å². The van der Waals surface area contributed by atoms with Crippen molar-refractivity contribution in [3.63, 3.8) is 0 Å². The first kappa shape index (κ1) is 15.1. The number of hydrogen-bond donors (Lipinski definition) is 1. The molecule has 0 saturated heterocycles. The Bertz CT molecular complexity index is 371. The van der Waals surface area contributed by atoms with Crippen molar-refractivity contribution in [3.8, 4) is 0 Å². The number of likely N-dealkylation sites (N-methyl/N-ethyl adjacent to an activating group) is 1. The van der Waals surface area contributed by atoms with Gasteiger partial charge in [-0.2, -0.15) is 0 Å². The van der Waals surface area contributed by atoms with Crippen LogP contribution < -0.4 is 5.73 Å². The minimum atomic E-state index is -0.209. The van der Waals surface area contributed by atoms with E-state index in [4.69, 9.17) is 5.73 Å². The van der Waals surface area contributed by atoms with Crippen molar-refractivity contribution in [1.29, 1.82) is 0 Å². The van der Waals surface area contributed by atoms with Gasteiger partial charge in [0.25, 0.3) is 0 Å². The zero-order valence-electron chi connectivity index (χ0n) is 12.1. The molecule has 0 radical (unpaired) electrons. The molecule has 0 amide bonds. The van der Waals surface area contributed by atoms with E-state index in [1.807, 2.05) is 19.1 Å². The van der Waals surface area contributed by atoms with E-state index in [9.17, 15) is 4.39 Å². The summed E-state index contributed by atoms with van der Waals surface area (Å²) >= 11 is 0. The van der Waals surface area contributed by atoms with Crippen LogP contribution in [-0.2, 0) is 0 Å². The summed E-state index contributed by atoms with van der Waals surface area (Å²) in [6, 6.07) is 6.73. The van der Waals surface area contributed by atoms with E-state index in [1.54, 1.807) is 0 Å². The van der Waals surface area contributed by atoms with Crippen LogP contribution in [0.25, 0.3) is 0 Å². The molecule has 0 spiro atoms. The molecule has 18 heavy (non-hydrogen) atoms. The molecule has 0 fully saturated rings. The number of halogens is 1. The lowest BCUT2D eigenvalue weighted by Gasteiger charge is -2.42. The SMILES string of the molecule is CCC(C)(C)N(C)C(c1ccc(F)cc1)C(C)N. The molecule has 2 unspecified atom stereocenters. The van der Waals surface area contributed by atoms with Crippen molar-refractivity contribution in [2.45, 2.75) is 51.7 Å². The fourth-order valence-electron chi connectivity index (χ4n) is 2.17. The summed E-state index contributed by atoms with van der Waals surface area (Å²) in [6.45, 7) is 8.56. The topological polar surface area (TPSA) is 29.3 Å². The molecule has 1 aromatic rings. The first-order valence-corrected chi connectivity index (χ1v) is 6.53. The van der Waals surface area contributed by atoms with E-state index >= 15 is 0 Å². The van der Waals surface area contributed by atoms with Crippen LogP contribution >= 0.6 is 0 Å². The largest absolute Gasteiger partial charge is 0.326 e. The van der Waals surface area contributed by atoms with Gasteiger partial charge < -0.3 is 5.73 Å². The van der Waals surface area contributed by atoms with Gasteiger partial charge in [-0.15, -0.1) is 0 Å². The maximum Gasteiger partial charge on any atom is 0.123 e. The molecule has 3 heteroatoms. The smallest absolute Gasteiger partial charge is 0.123 e. The predicted molar refractivity (Wildman–Crippen MR) is 74.9 cm³/mol. The van der Waals surface area contributed by atoms with Gasteiger partial charge in [0.2, 0.25) is 0 Å². The fraction of sp³-hybridized carbons (Fsp3) is 0.600. The van der Waals surface area contributed by atoms with Gasteiger partial charge in [-0.25, -0.2) is 4.39 Å². The van der Waals surface area contributed by atoms with Crippen molar-refractivity contribution in [2.24, 2.45) is 5.73 Å². The Morgan fingerprint density at radius 2 is 1.78 bits per heavy atom. The molecule has 0 aliphatic rings. The molecule has 0 aliphatic carbocycles. The van der Waals surface area contributed by atoms with Gasteiger partial charge in [0.05, 0.1) is 0 Å². The minimum Gasteiger partial charge on any atom is -0.326 e. The normalized spacial score (nSPS) is 15.8. The summed E-state index contributed by atoms with van der Waals surface area (Å²) in [4.78, 5) is 2.28. The highest BCUT2D eigenvalue weighted by atomic mass is 19.1. The van der Waals surface area contributed by atoms with Crippen molar-refractivity contribution >= 4 is 0 Å². The first-order valence-electron chi connectivity index (χ1n) is 6.53. The lowest BCUT2D eigenvalue weighted by molar-refractivity contribution is 0.0847. The van der Waals surface area contributed by atoms with Crippen LogP contribution in [0.3, 0.4) is 0 Å². The molecule has 2 N–H and O–H groups in total. The zero-order valence-corrected chi connectivity index (χ0v) is 12.1. The Balaban J connectivity index is 3.07. The average Bonchev–Trinajstić information content (AvgIpc) is 2.31. The highest BCUT2D eigenvalue weighted by Crippen LogP contribution is 2.30. The zero-order chi connectivity index (χ0) is 13.9. The van der Waals surface area contributed by atoms with Crippen LogP contribution in [0.4, 0.5) is 4.39 Å².